The summed E-state index contributed by atoms with van der Waals surface area (Å²) in [5, 5.41) is 2.76. The third-order valence-electron chi connectivity index (χ3n) is 3.84. The Morgan fingerprint density at radius 1 is 1.29 bits per heavy atom. The Kier molecular flexibility index (Phi) is 6.27. The van der Waals surface area contributed by atoms with Crippen molar-refractivity contribution >= 4 is 23.6 Å². The Morgan fingerprint density at radius 3 is 2.54 bits per heavy atom. The predicted octanol–water partition coefficient (Wildman–Crippen LogP) is 3.28. The van der Waals surface area contributed by atoms with E-state index in [1.165, 1.54) is 12.1 Å². The van der Waals surface area contributed by atoms with E-state index in [1.54, 1.807) is 28.8 Å². The van der Waals surface area contributed by atoms with Crippen LogP contribution in [0.3, 0.4) is 0 Å². The lowest BCUT2D eigenvalue weighted by Crippen LogP contribution is -2.51. The Morgan fingerprint density at radius 2 is 1.96 bits per heavy atom. The number of carbonyl (C=O) groups is 2. The van der Waals surface area contributed by atoms with Crippen LogP contribution in [0.1, 0.15) is 44.5 Å². The molecule has 0 radical (unpaired) electrons. The van der Waals surface area contributed by atoms with Crippen LogP contribution in [0.15, 0.2) is 24.3 Å². The molecule has 1 N–H and O–H groups in total. The molecule has 24 heavy (non-hydrogen) atoms. The fourth-order valence-electron chi connectivity index (χ4n) is 2.78. The number of thioether (sulfide) groups is 1. The van der Waals surface area contributed by atoms with Gasteiger partial charge >= 0.3 is 0 Å². The maximum Gasteiger partial charge on any atom is 0.258 e. The van der Waals surface area contributed by atoms with Crippen molar-refractivity contribution in [2.75, 3.05) is 5.75 Å². The van der Waals surface area contributed by atoms with E-state index in [9.17, 15) is 14.0 Å². The molecule has 1 aromatic rings. The minimum absolute atomic E-state index is 0.00272. The second-order valence-electron chi connectivity index (χ2n) is 6.79. The highest BCUT2D eigenvalue weighted by Gasteiger charge is 2.42. The normalized spacial score (nSPS) is 20.7. The maximum absolute atomic E-state index is 14.1. The van der Waals surface area contributed by atoms with E-state index in [4.69, 9.17) is 0 Å². The van der Waals surface area contributed by atoms with E-state index in [0.717, 1.165) is 6.42 Å². The summed E-state index contributed by atoms with van der Waals surface area (Å²) in [5.41, 5.74) is 0.0242. The summed E-state index contributed by atoms with van der Waals surface area (Å²) in [7, 11) is 0. The fraction of sp³-hybridized carbons (Fsp3) is 0.556. The van der Waals surface area contributed by atoms with Crippen LogP contribution < -0.4 is 5.32 Å². The van der Waals surface area contributed by atoms with E-state index < -0.39 is 17.8 Å². The van der Waals surface area contributed by atoms with Crippen LogP contribution in [0.25, 0.3) is 0 Å². The van der Waals surface area contributed by atoms with Crippen molar-refractivity contribution in [1.29, 1.82) is 0 Å². The van der Waals surface area contributed by atoms with Gasteiger partial charge in [0.1, 0.15) is 11.9 Å². The van der Waals surface area contributed by atoms with Crippen LogP contribution in [0.5, 0.6) is 0 Å². The topological polar surface area (TPSA) is 49.4 Å². The molecule has 1 aliphatic rings. The third-order valence-corrected chi connectivity index (χ3v) is 5.15. The summed E-state index contributed by atoms with van der Waals surface area (Å²) in [5.74, 6) is -0.215. The Bertz CT molecular complexity index is 606. The molecular formula is C18H25FN2O2S. The Hall–Kier alpha value is -1.56. The van der Waals surface area contributed by atoms with Crippen LogP contribution in [0.4, 0.5) is 4.39 Å². The number of hydrogen-bond acceptors (Lipinski definition) is 3. The first kappa shape index (κ1) is 18.8. The van der Waals surface area contributed by atoms with Crippen LogP contribution in [0, 0.1) is 11.7 Å². The predicted molar refractivity (Wildman–Crippen MR) is 95.3 cm³/mol. The van der Waals surface area contributed by atoms with Gasteiger partial charge in [0.05, 0.1) is 10.9 Å². The highest BCUT2D eigenvalue weighted by molar-refractivity contribution is 8.00. The average Bonchev–Trinajstić information content (AvgIpc) is 2.89. The molecule has 1 saturated heterocycles. The van der Waals surface area contributed by atoms with Crippen molar-refractivity contribution in [3.05, 3.63) is 35.6 Å². The van der Waals surface area contributed by atoms with Crippen molar-refractivity contribution in [2.45, 2.75) is 51.6 Å². The van der Waals surface area contributed by atoms with Gasteiger partial charge in [0.2, 0.25) is 5.91 Å². The quantitative estimate of drug-likeness (QED) is 0.885. The van der Waals surface area contributed by atoms with Crippen molar-refractivity contribution in [1.82, 2.24) is 10.2 Å². The number of hydrogen-bond donors (Lipinski definition) is 1. The zero-order chi connectivity index (χ0) is 17.9. The summed E-state index contributed by atoms with van der Waals surface area (Å²) in [6.45, 7) is 7.92. The molecule has 0 spiro atoms. The van der Waals surface area contributed by atoms with Crippen molar-refractivity contribution in [3.8, 4) is 0 Å². The minimum atomic E-state index is -0.562. The molecule has 2 unspecified atom stereocenters. The van der Waals surface area contributed by atoms with Gasteiger partial charge < -0.3 is 10.2 Å². The molecule has 2 amide bonds. The number of nitrogens with zero attached hydrogens (tertiary/aromatic N) is 1. The average molecular weight is 352 g/mol. The summed E-state index contributed by atoms with van der Waals surface area (Å²) in [6, 6.07) is 5.38. The van der Waals surface area contributed by atoms with Crippen molar-refractivity contribution < 1.29 is 14.0 Å². The van der Waals surface area contributed by atoms with E-state index in [0.29, 0.717) is 11.7 Å². The van der Waals surface area contributed by atoms with E-state index >= 15 is 0 Å². The standard InChI is InChI=1S/C18H25FN2O2S/c1-11(2)9-16-21(15(10-24-16)17(22)20-12(3)4)18(23)13-7-5-6-8-14(13)19/h5-8,11-12,15-16H,9-10H2,1-4H3,(H,20,22). The molecule has 1 fully saturated rings. The van der Waals surface area contributed by atoms with Crippen LogP contribution >= 0.6 is 11.8 Å². The largest absolute Gasteiger partial charge is 0.352 e. The summed E-state index contributed by atoms with van der Waals surface area (Å²) in [6.07, 6.45) is 0.774. The molecule has 4 nitrogen and oxygen atoms in total. The number of carbonyl (C=O) groups excluding carboxylic acids is 2. The lowest BCUT2D eigenvalue weighted by Gasteiger charge is -2.30. The first-order chi connectivity index (χ1) is 11.3. The minimum Gasteiger partial charge on any atom is -0.352 e. The molecule has 0 bridgehead atoms. The lowest BCUT2D eigenvalue weighted by atomic mass is 10.1. The maximum atomic E-state index is 14.1. The second-order valence-corrected chi connectivity index (χ2v) is 8.00. The highest BCUT2D eigenvalue weighted by Crippen LogP contribution is 2.35. The second kappa shape index (κ2) is 8.01. The Balaban J connectivity index is 2.31. The molecule has 0 aromatic heterocycles. The van der Waals surface area contributed by atoms with Gasteiger partial charge in [-0.15, -0.1) is 11.8 Å². The molecule has 132 valence electrons. The molecule has 1 heterocycles. The first-order valence-electron chi connectivity index (χ1n) is 8.30. The van der Waals surface area contributed by atoms with Crippen LogP contribution in [0.2, 0.25) is 0 Å². The molecule has 2 atom stereocenters. The number of halogens is 1. The van der Waals surface area contributed by atoms with Crippen molar-refractivity contribution in [3.63, 3.8) is 0 Å². The lowest BCUT2D eigenvalue weighted by molar-refractivity contribution is -0.125. The smallest absolute Gasteiger partial charge is 0.258 e. The SMILES string of the molecule is CC(C)CC1SCC(C(=O)NC(C)C)N1C(=O)c1ccccc1F. The van der Waals surface area contributed by atoms with Gasteiger partial charge in [-0.1, -0.05) is 26.0 Å². The highest BCUT2D eigenvalue weighted by atomic mass is 32.2. The molecule has 1 aliphatic heterocycles. The Labute approximate surface area is 147 Å². The van der Waals surface area contributed by atoms with E-state index in [-0.39, 0.29) is 22.9 Å². The van der Waals surface area contributed by atoms with E-state index in [2.05, 4.69) is 19.2 Å². The molecule has 1 aromatic carbocycles. The van der Waals surface area contributed by atoms with Gasteiger partial charge in [-0.05, 0) is 38.3 Å². The fourth-order valence-corrected chi connectivity index (χ4v) is 4.42. The zero-order valence-corrected chi connectivity index (χ0v) is 15.4. The third kappa shape index (κ3) is 4.29. The molecule has 2 rings (SSSR count). The first-order valence-corrected chi connectivity index (χ1v) is 9.35. The number of benzene rings is 1. The summed E-state index contributed by atoms with van der Waals surface area (Å²) in [4.78, 5) is 27.0. The van der Waals surface area contributed by atoms with Crippen molar-refractivity contribution in [2.24, 2.45) is 5.92 Å². The number of amides is 2. The van der Waals surface area contributed by atoms with Crippen LogP contribution in [-0.4, -0.2) is 39.9 Å². The van der Waals surface area contributed by atoms with Gasteiger partial charge in [-0.2, -0.15) is 0 Å². The molecule has 0 aliphatic carbocycles. The molecular weight excluding hydrogens is 327 g/mol. The van der Waals surface area contributed by atoms with Gasteiger partial charge in [-0.3, -0.25) is 9.59 Å². The monoisotopic (exact) mass is 352 g/mol. The zero-order valence-electron chi connectivity index (χ0n) is 14.6. The number of nitrogens with one attached hydrogen (secondary N) is 1. The van der Waals surface area contributed by atoms with Crippen LogP contribution in [-0.2, 0) is 4.79 Å². The summed E-state index contributed by atoms with van der Waals surface area (Å²) < 4.78 is 14.1. The molecule has 0 saturated carbocycles. The molecule has 6 heteroatoms. The van der Waals surface area contributed by atoms with Gasteiger partial charge in [0.15, 0.2) is 0 Å². The van der Waals surface area contributed by atoms with E-state index in [1.807, 2.05) is 13.8 Å². The van der Waals surface area contributed by atoms with Gasteiger partial charge in [0.25, 0.3) is 5.91 Å². The summed E-state index contributed by atoms with van der Waals surface area (Å²) >= 11 is 1.59. The van der Waals surface area contributed by atoms with Gasteiger partial charge in [0, 0.05) is 11.8 Å². The number of rotatable bonds is 5. The van der Waals surface area contributed by atoms with Gasteiger partial charge in [-0.25, -0.2) is 4.39 Å².